The number of fused-ring (bicyclic) bond motifs is 2. The van der Waals surface area contributed by atoms with Gasteiger partial charge in [0.2, 0.25) is 5.24 Å². The minimum Gasteiger partial charge on any atom is -0.354 e. The molecule has 1 aliphatic rings. The minimum atomic E-state index is -4.68. The number of aryl methyl sites for hydroxylation is 1. The summed E-state index contributed by atoms with van der Waals surface area (Å²) in [5.74, 6) is -1.80. The molecule has 20 heteroatoms. The number of hydrogen-bond acceptors (Lipinski definition) is 15. The Hall–Kier alpha value is -5.41. The van der Waals surface area contributed by atoms with Crippen molar-refractivity contribution in [2.24, 2.45) is 7.05 Å². The Labute approximate surface area is 350 Å². The number of anilines is 2. The van der Waals surface area contributed by atoms with E-state index in [-0.39, 0.29) is 83.6 Å². The SMILES string of the molecule is CCC(=O)Cc1cc(Nc2ccc3c4c2C(=O)c2ccccc2-c4c(C(=O)c2cccc(S(=O)(=O)OC)c2)c(=O)n3C)c(S(=O)(=O)OC)cc1S(=O)(=O)OC.CCC(=O)Cl. The molecule has 16 nitrogen and oxygen atoms in total. The average Bonchev–Trinajstić information content (AvgIpc) is 3.24. The van der Waals surface area contributed by atoms with Crippen molar-refractivity contribution in [2.75, 3.05) is 26.6 Å². The first-order valence-electron chi connectivity index (χ1n) is 17.7. The fourth-order valence-corrected chi connectivity index (χ4v) is 8.96. The number of ketones is 3. The molecule has 0 fully saturated rings. The van der Waals surface area contributed by atoms with Crippen molar-refractivity contribution in [1.29, 1.82) is 0 Å². The van der Waals surface area contributed by atoms with Gasteiger partial charge in [-0.2, -0.15) is 25.3 Å². The number of rotatable bonds is 14. The van der Waals surface area contributed by atoms with Gasteiger partial charge < -0.3 is 9.88 Å². The highest BCUT2D eigenvalue weighted by atomic mass is 35.5. The molecule has 0 radical (unpaired) electrons. The zero-order valence-corrected chi connectivity index (χ0v) is 36.0. The predicted octanol–water partition coefficient (Wildman–Crippen LogP) is 5.41. The molecule has 0 saturated heterocycles. The fraction of sp³-hybridized carbons (Fsp3) is 0.225. The van der Waals surface area contributed by atoms with Gasteiger partial charge in [0.1, 0.15) is 10.7 Å². The van der Waals surface area contributed by atoms with Crippen LogP contribution in [0.1, 0.15) is 64.1 Å². The van der Waals surface area contributed by atoms with Crippen molar-refractivity contribution < 1.29 is 57.0 Å². The third-order valence-corrected chi connectivity index (χ3v) is 13.7. The highest BCUT2D eigenvalue weighted by Crippen LogP contribution is 2.45. The van der Waals surface area contributed by atoms with Crippen molar-refractivity contribution in [2.45, 2.75) is 47.8 Å². The van der Waals surface area contributed by atoms with Gasteiger partial charge in [-0.05, 0) is 59.1 Å². The summed E-state index contributed by atoms with van der Waals surface area (Å²) in [7, 11) is -9.38. The lowest BCUT2D eigenvalue weighted by atomic mass is 9.80. The second-order valence-corrected chi connectivity index (χ2v) is 18.4. The zero-order chi connectivity index (χ0) is 44.5. The van der Waals surface area contributed by atoms with Crippen molar-refractivity contribution >= 4 is 86.8 Å². The normalized spacial score (nSPS) is 12.3. The van der Waals surface area contributed by atoms with Gasteiger partial charge in [-0.25, -0.2) is 0 Å². The lowest BCUT2D eigenvalue weighted by Crippen LogP contribution is -2.29. The summed E-state index contributed by atoms with van der Waals surface area (Å²) >= 11 is 4.82. The molecule has 0 spiro atoms. The molecule has 1 N–H and O–H groups in total. The van der Waals surface area contributed by atoms with Crippen LogP contribution in [0.15, 0.2) is 92.3 Å². The second-order valence-electron chi connectivity index (χ2n) is 12.9. The van der Waals surface area contributed by atoms with Gasteiger partial charge in [0.05, 0.1) is 59.1 Å². The summed E-state index contributed by atoms with van der Waals surface area (Å²) in [6, 6.07) is 16.0. The van der Waals surface area contributed by atoms with Gasteiger partial charge in [-0.15, -0.1) is 0 Å². The largest absolute Gasteiger partial charge is 0.354 e. The summed E-state index contributed by atoms with van der Waals surface area (Å²) in [5, 5.41) is 2.80. The van der Waals surface area contributed by atoms with Crippen LogP contribution in [0, 0.1) is 0 Å². The van der Waals surface area contributed by atoms with Crippen molar-refractivity contribution in [3.63, 3.8) is 0 Å². The van der Waals surface area contributed by atoms with E-state index in [9.17, 15) is 49.2 Å². The molecule has 6 rings (SSSR count). The summed E-state index contributed by atoms with van der Waals surface area (Å²) in [5.41, 5.74) is -1.14. The highest BCUT2D eigenvalue weighted by Gasteiger charge is 2.35. The second kappa shape index (κ2) is 17.7. The van der Waals surface area contributed by atoms with E-state index in [4.69, 9.17) is 15.8 Å². The molecular weight excluding hydrogens is 864 g/mol. The van der Waals surface area contributed by atoms with E-state index < -0.39 is 63.7 Å². The van der Waals surface area contributed by atoms with E-state index in [0.717, 1.165) is 44.1 Å². The first-order valence-corrected chi connectivity index (χ1v) is 22.3. The van der Waals surface area contributed by atoms with Crippen LogP contribution in [0.3, 0.4) is 0 Å². The molecule has 4 aromatic carbocycles. The summed E-state index contributed by atoms with van der Waals surface area (Å²) in [6.07, 6.45) is 0.0462. The monoisotopic (exact) mass is 900 g/mol. The molecule has 5 aromatic rings. The number of halogens is 1. The van der Waals surface area contributed by atoms with Gasteiger partial charge >= 0.3 is 0 Å². The standard InChI is InChI=1S/C37H32N2O13S3.C3H5ClO/c1-6-22(40)16-21-18-27(30(55(48,49)52-5)19-29(21)54(46,47)51-4)38-26-14-15-28-33-31(24-12-7-8-13-25(24)36(42)32(26)33)34(37(43)39(28)2)35(41)20-10-9-11-23(17-20)53(44,45)50-3;1-2-3(4)5/h7-15,17-19,38H,6,16H2,1-5H3;2H2,1H3. The molecule has 60 heavy (non-hydrogen) atoms. The Bertz CT molecular complexity index is 3030. The van der Waals surface area contributed by atoms with Crippen molar-refractivity contribution in [3.8, 4) is 11.1 Å². The molecule has 0 saturated carbocycles. The van der Waals surface area contributed by atoms with E-state index in [2.05, 4.69) is 13.7 Å². The summed E-state index contributed by atoms with van der Waals surface area (Å²) in [4.78, 5) is 63.6. The third-order valence-electron chi connectivity index (χ3n) is 9.53. The number of benzene rings is 4. The van der Waals surface area contributed by atoms with Crippen LogP contribution in [0.4, 0.5) is 11.4 Å². The quantitative estimate of drug-likeness (QED) is 0.0818. The Morgan fingerprint density at radius 1 is 0.700 bits per heavy atom. The number of nitrogens with one attached hydrogen (secondary N) is 1. The van der Waals surface area contributed by atoms with Crippen LogP contribution in [-0.2, 0) is 66.0 Å². The maximum atomic E-state index is 14.5. The zero-order valence-electron chi connectivity index (χ0n) is 32.8. The smallest absolute Gasteiger partial charge is 0.298 e. The lowest BCUT2D eigenvalue weighted by Gasteiger charge is -2.26. The topological polar surface area (TPSA) is 232 Å². The molecule has 0 atom stereocenters. The van der Waals surface area contributed by atoms with E-state index in [0.29, 0.717) is 6.42 Å². The highest BCUT2D eigenvalue weighted by molar-refractivity contribution is 7.87. The molecule has 1 aliphatic carbocycles. The Kier molecular flexibility index (Phi) is 13.4. The Morgan fingerprint density at radius 2 is 1.30 bits per heavy atom. The molecule has 0 bridgehead atoms. The van der Waals surface area contributed by atoms with Gasteiger partial charge in [-0.3, -0.25) is 36.5 Å². The molecule has 1 aromatic heterocycles. The number of carbonyl (C=O) groups excluding carboxylic acids is 4. The number of nitrogens with zero attached hydrogens (tertiary/aromatic N) is 1. The molecular formula is C40H37ClN2O14S3. The summed E-state index contributed by atoms with van der Waals surface area (Å²) < 4.78 is 92.8. The molecule has 0 amide bonds. The van der Waals surface area contributed by atoms with E-state index in [1.165, 1.54) is 43.4 Å². The number of Topliss-reactive ketones (excluding diaryl/α,β-unsaturated/α-hetero) is 1. The van der Waals surface area contributed by atoms with Gasteiger partial charge in [-0.1, -0.05) is 50.2 Å². The van der Waals surface area contributed by atoms with Gasteiger partial charge in [0.15, 0.2) is 11.6 Å². The molecule has 0 unspecified atom stereocenters. The summed E-state index contributed by atoms with van der Waals surface area (Å²) in [6.45, 7) is 3.29. The van der Waals surface area contributed by atoms with E-state index in [1.807, 2.05) is 0 Å². The van der Waals surface area contributed by atoms with Crippen LogP contribution in [0.25, 0.3) is 22.0 Å². The average molecular weight is 901 g/mol. The molecule has 1 heterocycles. The van der Waals surface area contributed by atoms with Crippen LogP contribution >= 0.6 is 11.6 Å². The molecule has 0 aliphatic heterocycles. The fourth-order valence-electron chi connectivity index (χ4n) is 6.46. The number of pyridine rings is 1. The van der Waals surface area contributed by atoms with Gasteiger partial charge in [0, 0.05) is 48.4 Å². The number of aromatic nitrogens is 1. The van der Waals surface area contributed by atoms with Gasteiger partial charge in [0.25, 0.3) is 35.9 Å². The van der Waals surface area contributed by atoms with Crippen LogP contribution < -0.4 is 10.9 Å². The van der Waals surface area contributed by atoms with Crippen molar-refractivity contribution in [3.05, 3.63) is 111 Å². The minimum absolute atomic E-state index is 0.0128. The Morgan fingerprint density at radius 3 is 1.88 bits per heavy atom. The Balaban J connectivity index is 0.00000129. The number of carbonyl (C=O) groups is 4. The maximum Gasteiger partial charge on any atom is 0.298 e. The van der Waals surface area contributed by atoms with E-state index >= 15 is 0 Å². The van der Waals surface area contributed by atoms with Crippen molar-refractivity contribution in [1.82, 2.24) is 4.57 Å². The van der Waals surface area contributed by atoms with E-state index in [1.54, 1.807) is 32.0 Å². The third kappa shape index (κ3) is 8.60. The predicted molar refractivity (Wildman–Crippen MR) is 220 cm³/mol. The maximum absolute atomic E-state index is 14.5. The lowest BCUT2D eigenvalue weighted by molar-refractivity contribution is -0.118. The first-order chi connectivity index (χ1) is 28.2. The van der Waals surface area contributed by atoms with Crippen LogP contribution in [0.2, 0.25) is 0 Å². The van der Waals surface area contributed by atoms with Crippen LogP contribution in [0.5, 0.6) is 0 Å². The van der Waals surface area contributed by atoms with Crippen LogP contribution in [-0.4, -0.2) is 73.7 Å². The number of hydrogen-bond donors (Lipinski definition) is 1. The molecule has 316 valence electrons. The first kappa shape index (κ1) is 45.7.